The highest BCUT2D eigenvalue weighted by molar-refractivity contribution is 6.14. The van der Waals surface area contributed by atoms with E-state index < -0.39 is 5.91 Å². The number of aryl methyl sites for hydroxylation is 1. The van der Waals surface area contributed by atoms with Gasteiger partial charge in [0.05, 0.1) is 0 Å². The molecule has 30 heavy (non-hydrogen) atoms. The first-order chi connectivity index (χ1) is 14.5. The number of carbonyl (C=O) groups excluding carboxylic acids is 1. The number of quaternary nitrogens is 1. The maximum absolute atomic E-state index is 11.9. The minimum Gasteiger partial charge on any atom is -0.365 e. The molecule has 0 unspecified atom stereocenters. The second-order valence-electron chi connectivity index (χ2n) is 7.37. The number of aromatic nitrogens is 2. The highest BCUT2D eigenvalue weighted by Crippen LogP contribution is 2.24. The van der Waals surface area contributed by atoms with Crippen molar-refractivity contribution in [1.29, 1.82) is 5.41 Å². The van der Waals surface area contributed by atoms with Crippen LogP contribution >= 0.6 is 0 Å². The standard InChI is InChI=1S/C20H27N9O/c1-12-8-13(10-14(9-12)29-25-7-6-21)26-19-15(18(23)30)11-24-20(28-19)27-17-5-3-2-4-16(17)22/h6-11,16-17,21,29H,2-5,22H2,1H3,(H2,23,30)(H2,24,26,27,28)/p+1/b21-6?,25-7-/t16-,17+/m0/s1. The van der Waals surface area contributed by atoms with Crippen molar-refractivity contribution in [3.8, 4) is 0 Å². The normalized spacial score (nSPS) is 18.9. The lowest BCUT2D eigenvalue weighted by molar-refractivity contribution is -0.576. The SMILES string of the molecule is Cc1cc(Nc2nc(N[C@@H]3CCCC[C@@H]3N)ncc2C(N)=O)cc([NH2+]/N=C\C=N)c1. The van der Waals surface area contributed by atoms with Gasteiger partial charge in [-0.1, -0.05) is 17.9 Å². The molecule has 158 valence electrons. The molecule has 1 aromatic carbocycles. The minimum atomic E-state index is -0.617. The van der Waals surface area contributed by atoms with E-state index in [1.807, 2.05) is 25.1 Å². The Balaban J connectivity index is 1.85. The van der Waals surface area contributed by atoms with Gasteiger partial charge in [0.15, 0.2) is 5.69 Å². The number of amides is 1. The Kier molecular flexibility index (Phi) is 7.04. The minimum absolute atomic E-state index is 0.0472. The molecule has 1 amide bonds. The van der Waals surface area contributed by atoms with Gasteiger partial charge in [-0.25, -0.2) is 4.98 Å². The predicted molar refractivity (Wildman–Crippen MR) is 118 cm³/mol. The van der Waals surface area contributed by atoms with E-state index in [-0.39, 0.29) is 17.6 Å². The van der Waals surface area contributed by atoms with E-state index in [1.165, 1.54) is 12.4 Å². The third-order valence-corrected chi connectivity index (χ3v) is 4.93. The van der Waals surface area contributed by atoms with Crippen LogP contribution in [0.15, 0.2) is 29.5 Å². The number of nitrogens with zero attached hydrogens (tertiary/aromatic N) is 3. The van der Waals surface area contributed by atoms with Gasteiger partial charge < -0.3 is 27.5 Å². The van der Waals surface area contributed by atoms with Crippen LogP contribution in [0, 0.1) is 12.3 Å². The van der Waals surface area contributed by atoms with Crippen LogP contribution in [0.2, 0.25) is 0 Å². The van der Waals surface area contributed by atoms with Crippen molar-refractivity contribution >= 4 is 41.5 Å². The number of hydrogen-bond donors (Lipinski definition) is 6. The Labute approximate surface area is 175 Å². The van der Waals surface area contributed by atoms with E-state index in [1.54, 1.807) is 5.43 Å². The topological polar surface area (TPSA) is 172 Å². The van der Waals surface area contributed by atoms with Gasteiger partial charge in [-0.2, -0.15) is 10.4 Å². The summed E-state index contributed by atoms with van der Waals surface area (Å²) < 4.78 is 0. The smallest absolute Gasteiger partial charge is 0.254 e. The molecule has 0 spiro atoms. The van der Waals surface area contributed by atoms with Crippen LogP contribution in [0.5, 0.6) is 0 Å². The van der Waals surface area contributed by atoms with E-state index in [0.29, 0.717) is 11.8 Å². The largest absolute Gasteiger partial charge is 0.365 e. The number of anilines is 3. The molecule has 0 saturated heterocycles. The molecule has 1 fully saturated rings. The Hall–Kier alpha value is -3.37. The zero-order valence-electron chi connectivity index (χ0n) is 16.9. The summed E-state index contributed by atoms with van der Waals surface area (Å²) in [5, 5.41) is 17.5. The summed E-state index contributed by atoms with van der Waals surface area (Å²) in [6, 6.07) is 5.89. The molecular formula is C20H28N9O+. The molecule has 1 aromatic heterocycles. The number of rotatable bonds is 8. The number of nitrogens with two attached hydrogens (primary N) is 3. The zero-order valence-corrected chi connectivity index (χ0v) is 16.9. The van der Waals surface area contributed by atoms with E-state index in [0.717, 1.165) is 48.8 Å². The summed E-state index contributed by atoms with van der Waals surface area (Å²) in [7, 11) is 0. The van der Waals surface area contributed by atoms with Crippen LogP contribution in [-0.2, 0) is 0 Å². The van der Waals surface area contributed by atoms with Crippen molar-refractivity contribution < 1.29 is 10.2 Å². The molecule has 2 aromatic rings. The fraction of sp³-hybridized carbons (Fsp3) is 0.350. The lowest BCUT2D eigenvalue weighted by Gasteiger charge is -2.29. The van der Waals surface area contributed by atoms with Gasteiger partial charge >= 0.3 is 0 Å². The van der Waals surface area contributed by atoms with Crippen molar-refractivity contribution in [2.75, 3.05) is 10.6 Å². The third kappa shape index (κ3) is 5.58. The average Bonchev–Trinajstić information content (AvgIpc) is 2.69. The maximum Gasteiger partial charge on any atom is 0.254 e. The molecular weight excluding hydrogens is 382 g/mol. The number of hydrogen-bond acceptors (Lipinski definition) is 8. The predicted octanol–water partition coefficient (Wildman–Crippen LogP) is 1.14. The van der Waals surface area contributed by atoms with Crippen molar-refractivity contribution in [1.82, 2.24) is 9.97 Å². The summed E-state index contributed by atoms with van der Waals surface area (Å²) in [4.78, 5) is 20.6. The number of carbonyl (C=O) groups is 1. The highest BCUT2D eigenvalue weighted by atomic mass is 16.1. The molecule has 3 rings (SSSR count). The molecule has 2 atom stereocenters. The summed E-state index contributed by atoms with van der Waals surface area (Å²) in [5.41, 5.74) is 16.1. The van der Waals surface area contributed by atoms with Gasteiger partial charge in [0.1, 0.15) is 17.6 Å². The Morgan fingerprint density at radius 3 is 2.87 bits per heavy atom. The molecule has 10 nitrogen and oxygen atoms in total. The molecule has 0 bridgehead atoms. The Bertz CT molecular complexity index is 944. The van der Waals surface area contributed by atoms with Crippen LogP contribution in [0.1, 0.15) is 41.6 Å². The van der Waals surface area contributed by atoms with Crippen molar-refractivity contribution in [2.45, 2.75) is 44.7 Å². The Morgan fingerprint density at radius 1 is 1.33 bits per heavy atom. The molecule has 0 aliphatic heterocycles. The van der Waals surface area contributed by atoms with Crippen LogP contribution in [-0.4, -0.2) is 40.4 Å². The molecule has 1 saturated carbocycles. The number of benzene rings is 1. The average molecular weight is 411 g/mol. The quantitative estimate of drug-likeness (QED) is 0.165. The van der Waals surface area contributed by atoms with Crippen LogP contribution in [0.3, 0.4) is 0 Å². The zero-order chi connectivity index (χ0) is 21.5. The first-order valence-corrected chi connectivity index (χ1v) is 9.89. The molecule has 1 aliphatic rings. The monoisotopic (exact) mass is 410 g/mol. The molecule has 1 aliphatic carbocycles. The molecule has 9 N–H and O–H groups in total. The van der Waals surface area contributed by atoms with Crippen molar-refractivity contribution in [2.24, 2.45) is 16.6 Å². The lowest BCUT2D eigenvalue weighted by Crippen LogP contribution is -2.71. The summed E-state index contributed by atoms with van der Waals surface area (Å²) in [6.45, 7) is 1.95. The Morgan fingerprint density at radius 2 is 2.13 bits per heavy atom. The van der Waals surface area contributed by atoms with Crippen molar-refractivity contribution in [3.05, 3.63) is 35.5 Å². The molecule has 1 heterocycles. The van der Waals surface area contributed by atoms with Gasteiger partial charge in [0.25, 0.3) is 5.91 Å². The summed E-state index contributed by atoms with van der Waals surface area (Å²) in [5.74, 6) is 0.109. The summed E-state index contributed by atoms with van der Waals surface area (Å²) >= 11 is 0. The number of nitrogens with one attached hydrogen (secondary N) is 3. The lowest BCUT2D eigenvalue weighted by atomic mass is 9.91. The van der Waals surface area contributed by atoms with Gasteiger partial charge in [-0.3, -0.25) is 4.79 Å². The second kappa shape index (κ2) is 9.90. The molecule has 10 heteroatoms. The first kappa shape index (κ1) is 21.3. The number of primary amides is 1. The van der Waals surface area contributed by atoms with Gasteiger partial charge in [0.2, 0.25) is 5.95 Å². The highest BCUT2D eigenvalue weighted by Gasteiger charge is 2.23. The van der Waals surface area contributed by atoms with E-state index in [9.17, 15) is 4.79 Å². The van der Waals surface area contributed by atoms with E-state index >= 15 is 0 Å². The van der Waals surface area contributed by atoms with Crippen LogP contribution in [0.25, 0.3) is 0 Å². The first-order valence-electron chi connectivity index (χ1n) is 9.89. The fourth-order valence-electron chi connectivity index (χ4n) is 3.50. The fourth-order valence-corrected chi connectivity index (χ4v) is 3.50. The third-order valence-electron chi connectivity index (χ3n) is 4.93. The van der Waals surface area contributed by atoms with Crippen LogP contribution < -0.4 is 27.5 Å². The van der Waals surface area contributed by atoms with Gasteiger partial charge in [-0.05, 0) is 31.4 Å². The summed E-state index contributed by atoms with van der Waals surface area (Å²) in [6.07, 6.45) is 8.08. The van der Waals surface area contributed by atoms with E-state index in [4.69, 9.17) is 16.9 Å². The second-order valence-corrected chi connectivity index (χ2v) is 7.37. The maximum atomic E-state index is 11.9. The van der Waals surface area contributed by atoms with Gasteiger partial charge in [0, 0.05) is 42.3 Å². The van der Waals surface area contributed by atoms with Gasteiger partial charge in [-0.15, -0.1) is 0 Å². The van der Waals surface area contributed by atoms with Crippen molar-refractivity contribution in [3.63, 3.8) is 0 Å². The van der Waals surface area contributed by atoms with Crippen LogP contribution in [0.4, 0.5) is 23.1 Å². The molecule has 0 radical (unpaired) electrons. The van der Waals surface area contributed by atoms with E-state index in [2.05, 4.69) is 25.7 Å².